The summed E-state index contributed by atoms with van der Waals surface area (Å²) >= 11 is 0.965. The molecule has 4 nitrogen and oxygen atoms in total. The largest absolute Gasteiger partial charge is 0.218 e. The zero-order chi connectivity index (χ0) is 17.5. The molecule has 0 aliphatic carbocycles. The maximum atomic E-state index is 12.8. The third kappa shape index (κ3) is 2.90. The molecule has 0 bridgehead atoms. The number of nitrogens with zero attached hydrogens (tertiary/aromatic N) is 1. The van der Waals surface area contributed by atoms with Gasteiger partial charge in [0, 0.05) is 10.6 Å². The summed E-state index contributed by atoms with van der Waals surface area (Å²) in [6.45, 7) is 4.24. The number of hydrogen-bond acceptors (Lipinski definition) is 5. The molecule has 1 aromatic heterocycles. The molecule has 126 valence electrons. The molecule has 0 fully saturated rings. The lowest BCUT2D eigenvalue weighted by molar-refractivity contribution is 0.492. The average molecular weight is 398 g/mol. The van der Waals surface area contributed by atoms with Crippen molar-refractivity contribution in [3.05, 3.63) is 40.8 Å². The van der Waals surface area contributed by atoms with E-state index in [9.17, 15) is 12.6 Å². The first-order chi connectivity index (χ1) is 11.3. The predicted octanol–water partition coefficient (Wildman–Crippen LogP) is 3.24. The van der Waals surface area contributed by atoms with Crippen molar-refractivity contribution in [3.8, 4) is 6.07 Å². The summed E-state index contributed by atoms with van der Waals surface area (Å²) in [4.78, 5) is 1.41. The summed E-state index contributed by atoms with van der Waals surface area (Å²) < 4.78 is 37.3. The number of fused-ring (bicyclic) bond motifs is 1. The molecule has 1 aliphatic heterocycles. The van der Waals surface area contributed by atoms with Crippen molar-refractivity contribution in [1.29, 1.82) is 5.26 Å². The highest BCUT2D eigenvalue weighted by Gasteiger charge is 2.31. The van der Waals surface area contributed by atoms with Gasteiger partial charge in [0.25, 0.3) is 0 Å². The van der Waals surface area contributed by atoms with Gasteiger partial charge in [0.1, 0.15) is 25.4 Å². The minimum Gasteiger partial charge on any atom is -0.218 e. The molecule has 1 unspecified atom stereocenters. The fraction of sp³-hybridized carbons (Fsp3) is 0.312. The van der Waals surface area contributed by atoms with Gasteiger partial charge < -0.3 is 0 Å². The van der Waals surface area contributed by atoms with Crippen LogP contribution in [-0.4, -0.2) is 18.4 Å². The van der Waals surface area contributed by atoms with Crippen LogP contribution in [0.1, 0.15) is 30.7 Å². The molecule has 0 N–H and O–H groups in total. The van der Waals surface area contributed by atoms with Gasteiger partial charge in [0.2, 0.25) is 9.84 Å². The van der Waals surface area contributed by atoms with Gasteiger partial charge in [-0.3, -0.25) is 0 Å². The predicted molar refractivity (Wildman–Crippen MR) is 97.2 cm³/mol. The first-order valence-corrected chi connectivity index (χ1v) is 12.2. The first kappa shape index (κ1) is 17.5. The molecule has 24 heavy (non-hydrogen) atoms. The van der Waals surface area contributed by atoms with Crippen molar-refractivity contribution in [2.75, 3.05) is 5.75 Å². The molecule has 0 amide bonds. The van der Waals surface area contributed by atoms with E-state index in [0.29, 0.717) is 15.1 Å². The van der Waals surface area contributed by atoms with Gasteiger partial charge in [-0.1, -0.05) is 29.4 Å². The monoisotopic (exact) mass is 397 g/mol. The number of nitriles is 1. The van der Waals surface area contributed by atoms with E-state index in [-0.39, 0.29) is 14.5 Å². The van der Waals surface area contributed by atoms with Gasteiger partial charge in [0.15, 0.2) is 0 Å². The number of hydrogen-bond donors (Lipinski definition) is 0. The maximum Gasteiger partial charge on any atom is 0.216 e. The van der Waals surface area contributed by atoms with Crippen molar-refractivity contribution in [1.82, 2.24) is 0 Å². The molecule has 1 aliphatic rings. The van der Waals surface area contributed by atoms with E-state index in [1.807, 2.05) is 12.1 Å². The Morgan fingerprint density at radius 1 is 1.29 bits per heavy atom. The van der Waals surface area contributed by atoms with Crippen molar-refractivity contribution < 1.29 is 12.6 Å². The number of rotatable bonds is 2. The number of sulfone groups is 1. The second-order valence-corrected chi connectivity index (χ2v) is 12.7. The van der Waals surface area contributed by atoms with E-state index >= 15 is 0 Å². The van der Waals surface area contributed by atoms with Crippen molar-refractivity contribution >= 4 is 40.9 Å². The number of thiophene rings is 1. The first-order valence-electron chi connectivity index (χ1n) is 7.20. The Bertz CT molecular complexity index is 1020. The topological polar surface area (TPSA) is 75.0 Å². The van der Waals surface area contributed by atoms with Crippen LogP contribution in [0.5, 0.6) is 0 Å². The second-order valence-electron chi connectivity index (χ2n) is 6.14. The zero-order valence-electron chi connectivity index (χ0n) is 13.1. The third-order valence-corrected chi connectivity index (χ3v) is 10.5. The van der Waals surface area contributed by atoms with Gasteiger partial charge in [-0.05, 0) is 41.7 Å². The molecule has 2 aromatic rings. The minimum absolute atomic E-state index is 0.0617. The zero-order valence-corrected chi connectivity index (χ0v) is 16.4. The van der Waals surface area contributed by atoms with E-state index in [2.05, 4.69) is 13.8 Å². The smallest absolute Gasteiger partial charge is 0.216 e. The van der Waals surface area contributed by atoms with Gasteiger partial charge in [-0.2, -0.15) is 5.26 Å². The van der Waals surface area contributed by atoms with Crippen LogP contribution in [0.25, 0.3) is 0 Å². The molecule has 0 saturated carbocycles. The van der Waals surface area contributed by atoms with Crippen LogP contribution in [-0.2, 0) is 34.9 Å². The van der Waals surface area contributed by atoms with Gasteiger partial charge in [-0.15, -0.1) is 11.3 Å². The highest BCUT2D eigenvalue weighted by molar-refractivity contribution is 8.31. The molecule has 2 heterocycles. The molecular weight excluding hydrogens is 382 g/mol. The van der Waals surface area contributed by atoms with E-state index in [0.717, 1.165) is 34.0 Å². The minimum atomic E-state index is -3.67. The van der Waals surface area contributed by atoms with Gasteiger partial charge >= 0.3 is 0 Å². The number of benzene rings is 1. The molecular formula is C16H15NO3S4. The Kier molecular flexibility index (Phi) is 4.55. The van der Waals surface area contributed by atoms with Crippen molar-refractivity contribution in [2.45, 2.75) is 39.7 Å². The molecule has 0 saturated heterocycles. The Balaban J connectivity index is 2.18. The van der Waals surface area contributed by atoms with Crippen LogP contribution in [0.4, 0.5) is 0 Å². The van der Waals surface area contributed by atoms with E-state index in [1.54, 1.807) is 12.1 Å². The van der Waals surface area contributed by atoms with Crippen molar-refractivity contribution in [2.24, 2.45) is 0 Å². The third-order valence-electron chi connectivity index (χ3n) is 4.19. The lowest BCUT2D eigenvalue weighted by Crippen LogP contribution is -2.27. The van der Waals surface area contributed by atoms with Gasteiger partial charge in [0.05, 0.1) is 4.90 Å². The van der Waals surface area contributed by atoms with E-state index in [1.165, 1.54) is 12.1 Å². The second kappa shape index (κ2) is 6.23. The van der Waals surface area contributed by atoms with E-state index in [4.69, 9.17) is 5.26 Å². The summed E-state index contributed by atoms with van der Waals surface area (Å²) in [5, 5.41) is 8.90. The molecule has 8 heteroatoms. The van der Waals surface area contributed by atoms with Crippen molar-refractivity contribution in [3.63, 3.8) is 0 Å². The maximum absolute atomic E-state index is 12.8. The summed E-state index contributed by atoms with van der Waals surface area (Å²) in [6, 6.07) is 10.0. The SMILES string of the molecule is CC1(C)CCS(=S=O)c2cc(S(=O)(=O)c3ccc(C#N)s3)ccc21. The van der Waals surface area contributed by atoms with Crippen LogP contribution in [0.15, 0.2) is 44.3 Å². The standard InChI is InChI=1S/C16H15NO3S4/c1-16(2)7-8-23(22-18)14-9-12(4-5-13(14)16)24(19,20)15-6-3-11(10-17)21-15/h3-6,9H,7-8H2,1-2H3. The van der Waals surface area contributed by atoms with Crippen LogP contribution in [0.3, 0.4) is 0 Å². The van der Waals surface area contributed by atoms with Crippen LogP contribution >= 0.6 is 11.3 Å². The van der Waals surface area contributed by atoms with Crippen LogP contribution in [0, 0.1) is 11.3 Å². The van der Waals surface area contributed by atoms with E-state index < -0.39 is 19.3 Å². The fourth-order valence-corrected chi connectivity index (χ4v) is 8.32. The summed E-state index contributed by atoms with van der Waals surface area (Å²) in [6.07, 6.45) is 0.918. The van der Waals surface area contributed by atoms with Crippen LogP contribution < -0.4 is 0 Å². The lowest BCUT2D eigenvalue weighted by Gasteiger charge is -2.33. The summed E-state index contributed by atoms with van der Waals surface area (Å²) in [5.74, 6) is 0.773. The summed E-state index contributed by atoms with van der Waals surface area (Å²) in [5.41, 5.74) is 0.997. The molecule has 0 spiro atoms. The Labute approximate surface area is 150 Å². The normalized spacial score (nSPS) is 19.3. The molecule has 1 atom stereocenters. The average Bonchev–Trinajstić information content (AvgIpc) is 3.04. The van der Waals surface area contributed by atoms with Gasteiger partial charge in [-0.25, -0.2) is 12.6 Å². The summed E-state index contributed by atoms with van der Waals surface area (Å²) in [7, 11) is -3.64. The fourth-order valence-electron chi connectivity index (χ4n) is 2.72. The Morgan fingerprint density at radius 2 is 2.04 bits per heavy atom. The highest BCUT2D eigenvalue weighted by atomic mass is 32.8. The lowest BCUT2D eigenvalue weighted by atomic mass is 9.82. The Hall–Kier alpha value is -1.27. The van der Waals surface area contributed by atoms with Crippen LogP contribution in [0.2, 0.25) is 0 Å². The Morgan fingerprint density at radius 3 is 2.67 bits per heavy atom. The molecule has 3 rings (SSSR count). The molecule has 0 radical (unpaired) electrons. The molecule has 1 aromatic carbocycles. The quantitative estimate of drug-likeness (QED) is 0.780. The highest BCUT2D eigenvalue weighted by Crippen LogP contribution is 2.39.